The first-order valence-corrected chi connectivity index (χ1v) is 7.13. The van der Waals surface area contributed by atoms with Gasteiger partial charge in [0.25, 0.3) is 0 Å². The lowest BCUT2D eigenvalue weighted by molar-refractivity contribution is -0.0440. The van der Waals surface area contributed by atoms with Gasteiger partial charge in [-0.25, -0.2) is 0 Å². The van der Waals surface area contributed by atoms with Crippen molar-refractivity contribution in [3.63, 3.8) is 0 Å². The maximum atomic E-state index is 9.59. The monoisotopic (exact) mass is 241 g/mol. The molecule has 3 heteroatoms. The third-order valence-corrected chi connectivity index (χ3v) is 4.46. The normalized spacial score (nSPS) is 37.2. The number of ether oxygens (including phenoxy) is 1. The SMILES string of the molecule is CC1CC(NCC2(CO)CCCC2)CC(C)O1. The van der Waals surface area contributed by atoms with Gasteiger partial charge in [0.1, 0.15) is 0 Å². The van der Waals surface area contributed by atoms with Gasteiger partial charge in [0.15, 0.2) is 0 Å². The van der Waals surface area contributed by atoms with Crippen LogP contribution in [0.15, 0.2) is 0 Å². The van der Waals surface area contributed by atoms with E-state index in [0.717, 1.165) is 19.4 Å². The van der Waals surface area contributed by atoms with E-state index in [1.807, 2.05) is 0 Å². The van der Waals surface area contributed by atoms with Crippen LogP contribution < -0.4 is 5.32 Å². The summed E-state index contributed by atoms with van der Waals surface area (Å²) in [7, 11) is 0. The maximum absolute atomic E-state index is 9.59. The van der Waals surface area contributed by atoms with Crippen molar-refractivity contribution < 1.29 is 9.84 Å². The summed E-state index contributed by atoms with van der Waals surface area (Å²) in [6.45, 7) is 5.63. The van der Waals surface area contributed by atoms with Crippen LogP contribution in [-0.4, -0.2) is 36.5 Å². The van der Waals surface area contributed by atoms with Crippen LogP contribution in [0.4, 0.5) is 0 Å². The molecule has 2 N–H and O–H groups in total. The maximum Gasteiger partial charge on any atom is 0.0565 e. The van der Waals surface area contributed by atoms with Crippen molar-refractivity contribution in [1.82, 2.24) is 5.32 Å². The molecule has 2 rings (SSSR count). The van der Waals surface area contributed by atoms with E-state index < -0.39 is 0 Å². The first kappa shape index (κ1) is 13.3. The molecule has 0 spiro atoms. The van der Waals surface area contributed by atoms with Gasteiger partial charge >= 0.3 is 0 Å². The van der Waals surface area contributed by atoms with Gasteiger partial charge < -0.3 is 15.2 Å². The number of hydrogen-bond donors (Lipinski definition) is 2. The van der Waals surface area contributed by atoms with Gasteiger partial charge in [-0.2, -0.15) is 0 Å². The third kappa shape index (κ3) is 3.43. The Morgan fingerprint density at radius 2 is 1.76 bits per heavy atom. The highest BCUT2D eigenvalue weighted by Gasteiger charge is 2.34. The summed E-state index contributed by atoms with van der Waals surface area (Å²) in [5, 5.41) is 13.3. The molecule has 100 valence electrons. The Hall–Kier alpha value is -0.120. The van der Waals surface area contributed by atoms with Crippen LogP contribution in [0.1, 0.15) is 52.4 Å². The van der Waals surface area contributed by atoms with Gasteiger partial charge in [-0.1, -0.05) is 12.8 Å². The molecular weight excluding hydrogens is 214 g/mol. The standard InChI is InChI=1S/C14H27NO2/c1-11-7-13(8-12(2)17-11)15-9-14(10-16)5-3-4-6-14/h11-13,15-16H,3-10H2,1-2H3. The topological polar surface area (TPSA) is 41.5 Å². The summed E-state index contributed by atoms with van der Waals surface area (Å²) in [4.78, 5) is 0. The van der Waals surface area contributed by atoms with Crippen molar-refractivity contribution >= 4 is 0 Å². The average Bonchev–Trinajstić information content (AvgIpc) is 2.74. The quantitative estimate of drug-likeness (QED) is 0.792. The van der Waals surface area contributed by atoms with Crippen LogP contribution in [0.2, 0.25) is 0 Å². The molecular formula is C14H27NO2. The van der Waals surface area contributed by atoms with Crippen molar-refractivity contribution in [3.05, 3.63) is 0 Å². The summed E-state index contributed by atoms with van der Waals surface area (Å²) in [6, 6.07) is 0.567. The molecule has 0 aromatic heterocycles. The number of aliphatic hydroxyl groups excluding tert-OH is 1. The number of rotatable bonds is 4. The lowest BCUT2D eigenvalue weighted by atomic mass is 9.86. The van der Waals surface area contributed by atoms with Gasteiger partial charge in [-0.05, 0) is 39.5 Å². The number of hydrogen-bond acceptors (Lipinski definition) is 3. The van der Waals surface area contributed by atoms with Crippen molar-refractivity contribution in [2.24, 2.45) is 5.41 Å². The molecule has 2 unspecified atom stereocenters. The average molecular weight is 241 g/mol. The zero-order chi connectivity index (χ0) is 12.3. The summed E-state index contributed by atoms with van der Waals surface area (Å²) >= 11 is 0. The fourth-order valence-electron chi connectivity index (χ4n) is 3.45. The second-order valence-electron chi connectivity index (χ2n) is 6.17. The minimum Gasteiger partial charge on any atom is -0.396 e. The first-order valence-electron chi connectivity index (χ1n) is 7.13. The molecule has 2 fully saturated rings. The van der Waals surface area contributed by atoms with Gasteiger partial charge in [-0.15, -0.1) is 0 Å². The first-order chi connectivity index (χ1) is 8.13. The predicted molar refractivity (Wildman–Crippen MR) is 69.0 cm³/mol. The summed E-state index contributed by atoms with van der Waals surface area (Å²) < 4.78 is 5.75. The summed E-state index contributed by atoms with van der Waals surface area (Å²) in [5.41, 5.74) is 0.171. The minimum absolute atomic E-state index is 0.171. The molecule has 2 aliphatic rings. The zero-order valence-corrected chi connectivity index (χ0v) is 11.2. The summed E-state index contributed by atoms with van der Waals surface area (Å²) in [6.07, 6.45) is 7.87. The van der Waals surface area contributed by atoms with Crippen molar-refractivity contribution in [2.75, 3.05) is 13.2 Å². The van der Waals surface area contributed by atoms with Gasteiger partial charge in [0.2, 0.25) is 0 Å². The molecule has 1 saturated heterocycles. The van der Waals surface area contributed by atoms with E-state index in [-0.39, 0.29) is 5.41 Å². The summed E-state index contributed by atoms with van der Waals surface area (Å²) in [5.74, 6) is 0. The predicted octanol–water partition coefficient (Wildman–Crippen LogP) is 2.08. The Morgan fingerprint density at radius 1 is 1.18 bits per heavy atom. The van der Waals surface area contributed by atoms with Crippen molar-refractivity contribution in [3.8, 4) is 0 Å². The van der Waals surface area contributed by atoms with Crippen LogP contribution in [-0.2, 0) is 4.74 Å². The lowest BCUT2D eigenvalue weighted by Gasteiger charge is -2.35. The van der Waals surface area contributed by atoms with Crippen LogP contribution >= 0.6 is 0 Å². The van der Waals surface area contributed by atoms with E-state index in [0.29, 0.717) is 24.9 Å². The molecule has 0 radical (unpaired) electrons. The van der Waals surface area contributed by atoms with E-state index in [9.17, 15) is 5.11 Å². The molecule has 1 aliphatic heterocycles. The van der Waals surface area contributed by atoms with Gasteiger partial charge in [0.05, 0.1) is 12.2 Å². The van der Waals surface area contributed by atoms with Gasteiger partial charge in [0, 0.05) is 24.6 Å². The minimum atomic E-state index is 0.171. The van der Waals surface area contributed by atoms with E-state index in [1.165, 1.54) is 25.7 Å². The molecule has 1 saturated carbocycles. The largest absolute Gasteiger partial charge is 0.396 e. The fourth-order valence-corrected chi connectivity index (χ4v) is 3.45. The van der Waals surface area contributed by atoms with Crippen LogP contribution in [0.3, 0.4) is 0 Å². The molecule has 1 heterocycles. The Labute approximate surface area is 105 Å². The highest BCUT2D eigenvalue weighted by Crippen LogP contribution is 2.37. The van der Waals surface area contributed by atoms with Gasteiger partial charge in [-0.3, -0.25) is 0 Å². The molecule has 0 aromatic carbocycles. The Morgan fingerprint density at radius 3 is 2.29 bits per heavy atom. The Balaban J connectivity index is 1.80. The zero-order valence-electron chi connectivity index (χ0n) is 11.2. The smallest absolute Gasteiger partial charge is 0.0565 e. The second-order valence-corrected chi connectivity index (χ2v) is 6.17. The van der Waals surface area contributed by atoms with Crippen LogP contribution in [0, 0.1) is 5.41 Å². The molecule has 0 aromatic rings. The molecule has 17 heavy (non-hydrogen) atoms. The highest BCUT2D eigenvalue weighted by molar-refractivity contribution is 4.88. The molecule has 1 aliphatic carbocycles. The Bertz CT molecular complexity index is 228. The van der Waals surface area contributed by atoms with Crippen LogP contribution in [0.25, 0.3) is 0 Å². The molecule has 0 amide bonds. The van der Waals surface area contributed by atoms with Crippen LogP contribution in [0.5, 0.6) is 0 Å². The Kier molecular flexibility index (Phi) is 4.45. The molecule has 2 atom stereocenters. The second kappa shape index (κ2) is 5.68. The number of aliphatic hydroxyl groups is 1. The van der Waals surface area contributed by atoms with Crippen molar-refractivity contribution in [1.29, 1.82) is 0 Å². The molecule has 3 nitrogen and oxygen atoms in total. The van der Waals surface area contributed by atoms with E-state index in [1.54, 1.807) is 0 Å². The van der Waals surface area contributed by atoms with E-state index in [2.05, 4.69) is 19.2 Å². The number of nitrogens with one attached hydrogen (secondary N) is 1. The lowest BCUT2D eigenvalue weighted by Crippen LogP contribution is -2.46. The van der Waals surface area contributed by atoms with E-state index in [4.69, 9.17) is 4.74 Å². The third-order valence-electron chi connectivity index (χ3n) is 4.46. The highest BCUT2D eigenvalue weighted by atomic mass is 16.5. The molecule has 0 bridgehead atoms. The van der Waals surface area contributed by atoms with E-state index >= 15 is 0 Å². The fraction of sp³-hybridized carbons (Fsp3) is 1.00. The van der Waals surface area contributed by atoms with Crippen molar-refractivity contribution in [2.45, 2.75) is 70.6 Å².